The first-order valence-electron chi connectivity index (χ1n) is 14.2. The van der Waals surface area contributed by atoms with Gasteiger partial charge < -0.3 is 20.1 Å². The Morgan fingerprint density at radius 3 is 2.21 bits per heavy atom. The molecule has 1 fully saturated rings. The second-order valence-corrected chi connectivity index (χ2v) is 12.6. The van der Waals surface area contributed by atoms with Crippen molar-refractivity contribution in [3.8, 4) is 0 Å². The molecule has 43 heavy (non-hydrogen) atoms. The van der Waals surface area contributed by atoms with Crippen LogP contribution < -0.4 is 40.0 Å². The largest absolute Gasteiger partial charge is 1.00 e. The summed E-state index contributed by atoms with van der Waals surface area (Å²) < 4.78 is 40.5. The Hall–Kier alpha value is -2.69. The number of hydrogen-bond acceptors (Lipinski definition) is 5. The zero-order chi connectivity index (χ0) is 31.0. The van der Waals surface area contributed by atoms with Crippen LogP contribution in [0.2, 0.25) is 0 Å². The van der Waals surface area contributed by atoms with Crippen LogP contribution in [0, 0.1) is 11.3 Å². The summed E-state index contributed by atoms with van der Waals surface area (Å²) in [6.07, 6.45) is -2.05. The van der Waals surface area contributed by atoms with Gasteiger partial charge in [-0.05, 0) is 80.7 Å². The third kappa shape index (κ3) is 7.70. The first-order valence-corrected chi connectivity index (χ1v) is 14.2. The fourth-order valence-electron chi connectivity index (χ4n) is 6.15. The number of carboxylic acids is 1. The molecule has 4 rings (SSSR count). The van der Waals surface area contributed by atoms with E-state index >= 15 is 0 Å². The summed E-state index contributed by atoms with van der Waals surface area (Å²) in [7, 11) is 0. The third-order valence-corrected chi connectivity index (χ3v) is 8.56. The van der Waals surface area contributed by atoms with Gasteiger partial charge in [0.2, 0.25) is 0 Å². The van der Waals surface area contributed by atoms with Crippen molar-refractivity contribution in [1.82, 2.24) is 10.2 Å². The number of rotatable bonds is 7. The van der Waals surface area contributed by atoms with E-state index in [1.807, 2.05) is 6.92 Å². The van der Waals surface area contributed by atoms with Gasteiger partial charge in [0.1, 0.15) is 11.4 Å². The number of alkyl halides is 3. The van der Waals surface area contributed by atoms with E-state index in [9.17, 15) is 32.7 Å². The molecule has 11 heteroatoms. The number of aliphatic carboxylic acids is 1. The molecule has 2 atom stereocenters. The minimum Gasteiger partial charge on any atom is -0.550 e. The van der Waals surface area contributed by atoms with Crippen LogP contribution in [0.5, 0.6) is 0 Å². The molecule has 1 saturated carbocycles. The average molecular weight is 608 g/mol. The monoisotopic (exact) mass is 607 g/mol. The number of carbonyl (C=O) groups is 3. The van der Waals surface area contributed by atoms with E-state index in [1.54, 1.807) is 36.1 Å². The summed E-state index contributed by atoms with van der Waals surface area (Å²) >= 11 is 0. The van der Waals surface area contributed by atoms with Crippen LogP contribution >= 0.6 is 0 Å². The molecule has 1 spiro atoms. The number of nitrogens with one attached hydrogen (secondary N) is 1. The van der Waals surface area contributed by atoms with E-state index in [1.165, 1.54) is 12.1 Å². The van der Waals surface area contributed by atoms with Crippen LogP contribution in [0.15, 0.2) is 53.5 Å². The summed E-state index contributed by atoms with van der Waals surface area (Å²) in [6, 6.07) is 10.3. The van der Waals surface area contributed by atoms with Gasteiger partial charge in [0, 0.05) is 29.6 Å². The molecule has 2 aromatic carbocycles. The molecule has 1 heterocycles. The molecule has 0 unspecified atom stereocenters. The molecule has 0 bridgehead atoms. The van der Waals surface area contributed by atoms with Crippen LogP contribution in [-0.2, 0) is 15.8 Å². The fraction of sp³-hybridized carbons (Fsp3) is 0.500. The maximum Gasteiger partial charge on any atom is 1.00 e. The molecule has 0 aromatic heterocycles. The molecule has 2 aromatic rings. The van der Waals surface area contributed by atoms with E-state index in [0.717, 1.165) is 30.5 Å². The second-order valence-electron chi connectivity index (χ2n) is 12.6. The van der Waals surface area contributed by atoms with Crippen LogP contribution in [-0.4, -0.2) is 40.1 Å². The number of carboxylic acid groups (broad SMARTS) is 1. The maximum absolute atomic E-state index is 14.0. The van der Waals surface area contributed by atoms with Gasteiger partial charge in [0.15, 0.2) is 0 Å². The van der Waals surface area contributed by atoms with Gasteiger partial charge in [0.05, 0.1) is 11.6 Å². The van der Waals surface area contributed by atoms with Gasteiger partial charge in [0.25, 0.3) is 11.8 Å². The van der Waals surface area contributed by atoms with E-state index < -0.39 is 47.3 Å². The Morgan fingerprint density at radius 2 is 1.67 bits per heavy atom. The zero-order valence-corrected chi connectivity index (χ0v) is 27.5. The van der Waals surface area contributed by atoms with Crippen molar-refractivity contribution >= 4 is 23.5 Å². The first kappa shape index (κ1) is 34.8. The van der Waals surface area contributed by atoms with Crippen molar-refractivity contribution in [2.45, 2.75) is 90.6 Å². The van der Waals surface area contributed by atoms with Crippen molar-refractivity contribution in [1.29, 1.82) is 0 Å². The molecule has 2 aliphatic rings. The van der Waals surface area contributed by atoms with E-state index in [-0.39, 0.29) is 52.7 Å². The molecule has 1 aliphatic carbocycles. The van der Waals surface area contributed by atoms with Gasteiger partial charge in [-0.15, -0.1) is 0 Å². The van der Waals surface area contributed by atoms with Crippen LogP contribution in [0.3, 0.4) is 0 Å². The van der Waals surface area contributed by atoms with Crippen LogP contribution in [0.25, 0.3) is 0 Å². The maximum atomic E-state index is 14.0. The predicted molar refractivity (Wildman–Crippen MR) is 150 cm³/mol. The van der Waals surface area contributed by atoms with Crippen molar-refractivity contribution < 1.29 is 62.2 Å². The number of hydrogen-bond donors (Lipinski definition) is 1. The number of benzene rings is 2. The third-order valence-electron chi connectivity index (χ3n) is 8.56. The van der Waals surface area contributed by atoms with Crippen molar-refractivity contribution in [3.63, 3.8) is 0 Å². The predicted octanol–water partition coefficient (Wildman–Crippen LogP) is 2.29. The number of nitrogens with zero attached hydrogens (tertiary/aromatic N) is 2. The minimum absolute atomic E-state index is 0. The quantitative estimate of drug-likeness (QED) is 0.489. The topological polar surface area (TPSA) is 102 Å². The molecule has 0 radical (unpaired) electrons. The van der Waals surface area contributed by atoms with Gasteiger partial charge in [-0.2, -0.15) is 13.2 Å². The van der Waals surface area contributed by atoms with Crippen molar-refractivity contribution in [3.05, 3.63) is 70.8 Å². The smallest absolute Gasteiger partial charge is 0.550 e. The van der Waals surface area contributed by atoms with Crippen LogP contribution in [0.4, 0.5) is 13.2 Å². The molecule has 2 amide bonds. The van der Waals surface area contributed by atoms with Crippen molar-refractivity contribution in [2.75, 3.05) is 0 Å². The molecular formula is C32H37F3N3NaO4. The van der Waals surface area contributed by atoms with Crippen LogP contribution in [0.1, 0.15) is 99.8 Å². The summed E-state index contributed by atoms with van der Waals surface area (Å²) in [5.74, 6) is -1.71. The van der Waals surface area contributed by atoms with E-state index in [0.29, 0.717) is 24.3 Å². The molecule has 1 N–H and O–H groups in total. The Labute approximate surface area is 272 Å². The zero-order valence-electron chi connectivity index (χ0n) is 25.5. The Balaban J connectivity index is 0.00000506. The SMILES string of the molecule is C[C@H](CC(=O)[O-])NC(=O)c1ccc([C@@H](C)N2C(=O)C(c3cccc(C(F)(F)F)c3)=NC23CCC(C(C)(C)C)CC3)cc1.[Na+]. The average Bonchev–Trinajstić information content (AvgIpc) is 3.18. The number of aliphatic imine (C=N–C) groups is 1. The Kier molecular flexibility index (Phi) is 10.6. The molecule has 0 saturated heterocycles. The minimum atomic E-state index is -4.55. The summed E-state index contributed by atoms with van der Waals surface area (Å²) in [5, 5.41) is 13.4. The number of carbonyl (C=O) groups excluding carboxylic acids is 3. The van der Waals surface area contributed by atoms with Crippen molar-refractivity contribution in [2.24, 2.45) is 16.3 Å². The fourth-order valence-corrected chi connectivity index (χ4v) is 6.15. The number of amides is 2. The van der Waals surface area contributed by atoms with Gasteiger partial charge >= 0.3 is 35.7 Å². The molecule has 7 nitrogen and oxygen atoms in total. The second kappa shape index (κ2) is 13.1. The summed E-state index contributed by atoms with van der Waals surface area (Å²) in [5.41, 5.74) is -0.429. The number of halogens is 3. The molecule has 226 valence electrons. The Bertz CT molecular complexity index is 1380. The van der Waals surface area contributed by atoms with E-state index in [2.05, 4.69) is 26.1 Å². The van der Waals surface area contributed by atoms with Gasteiger partial charge in [-0.1, -0.05) is 45.0 Å². The standard InChI is InChI=1S/C32H38F3N3O4.Na/c1-19(17-26(39)40)36-28(41)22-11-9-21(10-12-22)20(2)38-29(42)27(23-7-6-8-25(18-23)32(33,34)35)37-31(38)15-13-24(14-16-31)30(3,4)5;/h6-12,18-20,24H,13-17H2,1-5H3,(H,36,41)(H,39,40);/q;+1/p-1/t19-,20-,24?,31?;/m1./s1. The summed E-state index contributed by atoms with van der Waals surface area (Å²) in [6.45, 7) is 9.98. The molecular weight excluding hydrogens is 570 g/mol. The van der Waals surface area contributed by atoms with Gasteiger partial charge in [-0.25, -0.2) is 0 Å². The normalized spacial score (nSPS) is 22.0. The van der Waals surface area contributed by atoms with Gasteiger partial charge in [-0.3, -0.25) is 14.6 Å². The van der Waals surface area contributed by atoms with E-state index in [4.69, 9.17) is 4.99 Å². The molecule has 1 aliphatic heterocycles. The first-order chi connectivity index (χ1) is 19.5. The summed E-state index contributed by atoms with van der Waals surface area (Å²) in [4.78, 5) is 44.0. The Morgan fingerprint density at radius 1 is 1.07 bits per heavy atom.